The zero-order valence-corrected chi connectivity index (χ0v) is 14.3. The monoisotopic (exact) mass is 326 g/mol. The van der Waals surface area contributed by atoms with Gasteiger partial charge in [0.05, 0.1) is 24.1 Å². The molecule has 0 aliphatic heterocycles. The average Bonchev–Trinajstić information content (AvgIpc) is 2.61. The van der Waals surface area contributed by atoms with Crippen molar-refractivity contribution < 1.29 is 14.3 Å². The van der Waals surface area contributed by atoms with Gasteiger partial charge in [0.1, 0.15) is 0 Å². The van der Waals surface area contributed by atoms with Crippen molar-refractivity contribution in [1.29, 1.82) is 0 Å². The molecule has 0 spiro atoms. The molecule has 5 heteroatoms. The molecule has 24 heavy (non-hydrogen) atoms. The number of methoxy groups -OCH3 is 1. The van der Waals surface area contributed by atoms with Crippen LogP contribution >= 0.6 is 0 Å². The molecule has 126 valence electrons. The average molecular weight is 326 g/mol. The number of esters is 1. The van der Waals surface area contributed by atoms with Gasteiger partial charge in [-0.2, -0.15) is 0 Å². The number of benzene rings is 1. The minimum absolute atomic E-state index is 0.0931. The summed E-state index contributed by atoms with van der Waals surface area (Å²) in [6.07, 6.45) is 0.877. The third kappa shape index (κ3) is 4.41. The van der Waals surface area contributed by atoms with E-state index in [4.69, 9.17) is 0 Å². The topological polar surface area (TPSA) is 59.5 Å². The zero-order chi connectivity index (χ0) is 17.5. The van der Waals surface area contributed by atoms with Gasteiger partial charge in [0, 0.05) is 25.6 Å². The molecule has 0 fully saturated rings. The number of amides is 1. The van der Waals surface area contributed by atoms with E-state index in [0.29, 0.717) is 30.6 Å². The van der Waals surface area contributed by atoms with Crippen molar-refractivity contribution in [2.24, 2.45) is 0 Å². The first kappa shape index (κ1) is 17.7. The highest BCUT2D eigenvalue weighted by atomic mass is 16.5. The number of ether oxygens (including phenoxy) is 1. The second kappa shape index (κ2) is 8.24. The molecule has 0 aliphatic carbocycles. The molecule has 0 saturated heterocycles. The Morgan fingerprint density at radius 2 is 1.83 bits per heavy atom. The van der Waals surface area contributed by atoms with Crippen LogP contribution in [0.25, 0.3) is 11.3 Å². The molecule has 0 radical (unpaired) electrons. The van der Waals surface area contributed by atoms with Crippen molar-refractivity contribution in [1.82, 2.24) is 9.88 Å². The molecular formula is C19H22N2O3. The second-order valence-corrected chi connectivity index (χ2v) is 5.60. The lowest BCUT2D eigenvalue weighted by atomic mass is 10.1. The van der Waals surface area contributed by atoms with Gasteiger partial charge in [-0.05, 0) is 25.5 Å². The number of pyridine rings is 1. The Balaban J connectivity index is 2.06. The van der Waals surface area contributed by atoms with E-state index in [2.05, 4.69) is 9.72 Å². The Morgan fingerprint density at radius 1 is 1.12 bits per heavy atom. The SMILES string of the molecule is COC(=O)CCCN(C)C(=O)c1ccc(-c2ccccc2)nc1C. The van der Waals surface area contributed by atoms with Crippen molar-refractivity contribution in [2.45, 2.75) is 19.8 Å². The lowest BCUT2D eigenvalue weighted by molar-refractivity contribution is -0.140. The molecule has 0 atom stereocenters. The van der Waals surface area contributed by atoms with Crippen LogP contribution in [0, 0.1) is 6.92 Å². The summed E-state index contributed by atoms with van der Waals surface area (Å²) in [7, 11) is 3.09. The number of aromatic nitrogens is 1. The van der Waals surface area contributed by atoms with Crippen LogP contribution in [0.5, 0.6) is 0 Å². The summed E-state index contributed by atoms with van der Waals surface area (Å²) in [5, 5.41) is 0. The van der Waals surface area contributed by atoms with Crippen LogP contribution in [-0.4, -0.2) is 42.5 Å². The van der Waals surface area contributed by atoms with Crippen LogP contribution in [-0.2, 0) is 9.53 Å². The highest BCUT2D eigenvalue weighted by Gasteiger charge is 2.16. The smallest absolute Gasteiger partial charge is 0.305 e. The minimum atomic E-state index is -0.263. The zero-order valence-electron chi connectivity index (χ0n) is 14.3. The lowest BCUT2D eigenvalue weighted by Crippen LogP contribution is -2.29. The largest absolute Gasteiger partial charge is 0.469 e. The fraction of sp³-hybridized carbons (Fsp3) is 0.316. The molecule has 2 aromatic rings. The van der Waals surface area contributed by atoms with Crippen molar-refractivity contribution in [3.63, 3.8) is 0 Å². The summed E-state index contributed by atoms with van der Waals surface area (Å²) in [6.45, 7) is 2.33. The number of rotatable bonds is 6. The summed E-state index contributed by atoms with van der Waals surface area (Å²) in [5.74, 6) is -0.356. The molecule has 0 bridgehead atoms. The highest BCUT2D eigenvalue weighted by molar-refractivity contribution is 5.95. The Kier molecular flexibility index (Phi) is 6.07. The third-order valence-corrected chi connectivity index (χ3v) is 3.83. The predicted octanol–water partition coefficient (Wildman–Crippen LogP) is 3.08. The Hall–Kier alpha value is -2.69. The first-order chi connectivity index (χ1) is 11.5. The molecule has 1 amide bonds. The highest BCUT2D eigenvalue weighted by Crippen LogP contribution is 2.19. The van der Waals surface area contributed by atoms with Crippen molar-refractivity contribution in [2.75, 3.05) is 20.7 Å². The number of aryl methyl sites for hydroxylation is 1. The molecule has 1 aromatic carbocycles. The van der Waals surface area contributed by atoms with E-state index in [-0.39, 0.29) is 11.9 Å². The van der Waals surface area contributed by atoms with E-state index in [1.165, 1.54) is 7.11 Å². The normalized spacial score (nSPS) is 10.3. The van der Waals surface area contributed by atoms with Crippen molar-refractivity contribution >= 4 is 11.9 Å². The third-order valence-electron chi connectivity index (χ3n) is 3.83. The van der Waals surface area contributed by atoms with Gasteiger partial charge in [-0.3, -0.25) is 14.6 Å². The summed E-state index contributed by atoms with van der Waals surface area (Å²) in [4.78, 5) is 29.8. The summed E-state index contributed by atoms with van der Waals surface area (Å²) in [6, 6.07) is 13.5. The van der Waals surface area contributed by atoms with E-state index in [0.717, 1.165) is 11.3 Å². The summed E-state index contributed by atoms with van der Waals surface area (Å²) < 4.78 is 4.60. The van der Waals surface area contributed by atoms with Crippen molar-refractivity contribution in [3.05, 3.63) is 53.7 Å². The van der Waals surface area contributed by atoms with E-state index in [9.17, 15) is 9.59 Å². The van der Waals surface area contributed by atoms with E-state index < -0.39 is 0 Å². The van der Waals surface area contributed by atoms with Crippen LogP contribution in [0.15, 0.2) is 42.5 Å². The number of hydrogen-bond donors (Lipinski definition) is 0. The van der Waals surface area contributed by atoms with Gasteiger partial charge in [0.2, 0.25) is 0 Å². The maximum Gasteiger partial charge on any atom is 0.305 e. The fourth-order valence-corrected chi connectivity index (χ4v) is 2.43. The van der Waals surface area contributed by atoms with Gasteiger partial charge in [-0.25, -0.2) is 0 Å². The molecule has 0 saturated carbocycles. The molecule has 2 rings (SSSR count). The van der Waals surface area contributed by atoms with Crippen LogP contribution in [0.4, 0.5) is 0 Å². The van der Waals surface area contributed by atoms with Crippen LogP contribution in [0.1, 0.15) is 28.9 Å². The first-order valence-electron chi connectivity index (χ1n) is 7.88. The van der Waals surface area contributed by atoms with Crippen LogP contribution < -0.4 is 0 Å². The predicted molar refractivity (Wildman–Crippen MR) is 92.6 cm³/mol. The Morgan fingerprint density at radius 3 is 2.46 bits per heavy atom. The molecule has 1 heterocycles. The first-order valence-corrected chi connectivity index (χ1v) is 7.88. The van der Waals surface area contributed by atoms with Gasteiger partial charge in [-0.15, -0.1) is 0 Å². The lowest BCUT2D eigenvalue weighted by Gasteiger charge is -2.18. The standard InChI is InChI=1S/C19H22N2O3/c1-14-16(19(23)21(2)13-7-10-18(22)24-3)11-12-17(20-14)15-8-5-4-6-9-15/h4-6,8-9,11-12H,7,10,13H2,1-3H3. The number of nitrogens with zero attached hydrogens (tertiary/aromatic N) is 2. The van der Waals surface area contributed by atoms with Gasteiger partial charge in [0.15, 0.2) is 0 Å². The van der Waals surface area contributed by atoms with Gasteiger partial charge < -0.3 is 9.64 Å². The van der Waals surface area contributed by atoms with Crippen LogP contribution in [0.2, 0.25) is 0 Å². The van der Waals surface area contributed by atoms with Crippen molar-refractivity contribution in [3.8, 4) is 11.3 Å². The van der Waals surface area contributed by atoms with E-state index in [1.807, 2.05) is 49.4 Å². The van der Waals surface area contributed by atoms with E-state index >= 15 is 0 Å². The second-order valence-electron chi connectivity index (χ2n) is 5.60. The summed E-state index contributed by atoms with van der Waals surface area (Å²) in [5.41, 5.74) is 3.14. The number of hydrogen-bond acceptors (Lipinski definition) is 4. The Labute approximate surface area is 142 Å². The fourth-order valence-electron chi connectivity index (χ4n) is 2.43. The maximum atomic E-state index is 12.5. The van der Waals surface area contributed by atoms with Gasteiger partial charge >= 0.3 is 5.97 Å². The molecule has 1 aromatic heterocycles. The number of carbonyl (C=O) groups excluding carboxylic acids is 2. The molecule has 0 aliphatic rings. The number of carbonyl (C=O) groups is 2. The molecule has 0 unspecified atom stereocenters. The molecular weight excluding hydrogens is 304 g/mol. The molecule has 5 nitrogen and oxygen atoms in total. The van der Waals surface area contributed by atoms with Gasteiger partial charge in [-0.1, -0.05) is 30.3 Å². The van der Waals surface area contributed by atoms with Crippen LogP contribution in [0.3, 0.4) is 0 Å². The minimum Gasteiger partial charge on any atom is -0.469 e. The summed E-state index contributed by atoms with van der Waals surface area (Å²) >= 11 is 0. The van der Waals surface area contributed by atoms with Gasteiger partial charge in [0.25, 0.3) is 5.91 Å². The maximum absolute atomic E-state index is 12.5. The Bertz CT molecular complexity index is 714. The molecule has 0 N–H and O–H groups in total. The quantitative estimate of drug-likeness (QED) is 0.766. The van der Waals surface area contributed by atoms with E-state index in [1.54, 1.807) is 11.9 Å².